The summed E-state index contributed by atoms with van der Waals surface area (Å²) in [6, 6.07) is 6.83. The Kier molecular flexibility index (Phi) is 5.28. The van der Waals surface area contributed by atoms with E-state index in [-0.39, 0.29) is 0 Å². The van der Waals surface area contributed by atoms with E-state index in [9.17, 15) is 0 Å². The Bertz CT molecular complexity index is 274. The van der Waals surface area contributed by atoms with Crippen molar-refractivity contribution in [2.24, 2.45) is 0 Å². The van der Waals surface area contributed by atoms with Crippen LogP contribution in [0.5, 0.6) is 0 Å². The third kappa shape index (κ3) is 3.91. The van der Waals surface area contributed by atoms with Crippen LogP contribution < -0.4 is 5.32 Å². The third-order valence-corrected chi connectivity index (χ3v) is 3.19. The summed E-state index contributed by atoms with van der Waals surface area (Å²) < 4.78 is 0. The monoisotopic (exact) mass is 208 g/mol. The van der Waals surface area contributed by atoms with Gasteiger partial charge >= 0.3 is 0 Å². The van der Waals surface area contributed by atoms with E-state index in [4.69, 9.17) is 5.26 Å². The van der Waals surface area contributed by atoms with E-state index in [0.29, 0.717) is 12.5 Å². The normalized spacial score (nSPS) is 12.3. The lowest BCUT2D eigenvalue weighted by Gasteiger charge is -2.11. The van der Waals surface area contributed by atoms with Crippen molar-refractivity contribution in [3.05, 3.63) is 22.4 Å². The summed E-state index contributed by atoms with van der Waals surface area (Å²) in [6.45, 7) is 3.18. The average Bonchev–Trinajstić information content (AvgIpc) is 2.70. The molecule has 1 heterocycles. The minimum atomic E-state index is 0.442. The Labute approximate surface area is 89.6 Å². The molecule has 0 amide bonds. The number of rotatable bonds is 6. The van der Waals surface area contributed by atoms with Gasteiger partial charge < -0.3 is 5.32 Å². The maximum Gasteiger partial charge on any atom is 0.0621 e. The van der Waals surface area contributed by atoms with E-state index in [1.54, 1.807) is 11.3 Å². The second-order valence-corrected chi connectivity index (χ2v) is 4.29. The largest absolute Gasteiger partial charge is 0.309 e. The number of hydrogen-bond donors (Lipinski definition) is 1. The van der Waals surface area contributed by atoms with E-state index >= 15 is 0 Å². The second-order valence-electron chi connectivity index (χ2n) is 3.31. The number of thiophene rings is 1. The Morgan fingerprint density at radius 3 is 3.07 bits per heavy atom. The van der Waals surface area contributed by atoms with Crippen molar-refractivity contribution in [1.29, 1.82) is 5.26 Å². The molecule has 3 heteroatoms. The van der Waals surface area contributed by atoms with Crippen molar-refractivity contribution in [3.8, 4) is 6.07 Å². The molecule has 0 aliphatic heterocycles. The first-order valence-electron chi connectivity index (χ1n) is 4.98. The van der Waals surface area contributed by atoms with E-state index < -0.39 is 0 Å². The van der Waals surface area contributed by atoms with Crippen LogP contribution in [-0.2, 0) is 0 Å². The first-order chi connectivity index (χ1) is 6.84. The van der Waals surface area contributed by atoms with E-state index in [2.05, 4.69) is 35.8 Å². The molecular formula is C11H16N2S. The topological polar surface area (TPSA) is 35.8 Å². The van der Waals surface area contributed by atoms with Gasteiger partial charge in [0.2, 0.25) is 0 Å². The third-order valence-electron chi connectivity index (χ3n) is 2.14. The molecule has 0 aliphatic rings. The number of unbranched alkanes of at least 4 members (excludes halogenated alkanes) is 2. The molecule has 1 rings (SSSR count). The molecule has 0 saturated carbocycles. The molecule has 0 saturated heterocycles. The molecule has 14 heavy (non-hydrogen) atoms. The van der Waals surface area contributed by atoms with Gasteiger partial charge in [-0.15, -0.1) is 11.3 Å². The summed E-state index contributed by atoms with van der Waals surface area (Å²) in [5.41, 5.74) is 0. The van der Waals surface area contributed by atoms with Gasteiger partial charge in [0, 0.05) is 17.3 Å². The number of nitriles is 1. The van der Waals surface area contributed by atoms with Crippen LogP contribution in [-0.4, -0.2) is 6.54 Å². The average molecular weight is 208 g/mol. The molecule has 1 aromatic heterocycles. The number of nitrogens with zero attached hydrogens (tertiary/aromatic N) is 1. The first-order valence-corrected chi connectivity index (χ1v) is 5.86. The van der Waals surface area contributed by atoms with Gasteiger partial charge in [-0.05, 0) is 37.8 Å². The minimum absolute atomic E-state index is 0.442. The van der Waals surface area contributed by atoms with Gasteiger partial charge in [0.1, 0.15) is 0 Å². The summed E-state index contributed by atoms with van der Waals surface area (Å²) >= 11 is 1.78. The van der Waals surface area contributed by atoms with Crippen LogP contribution in [0.25, 0.3) is 0 Å². The van der Waals surface area contributed by atoms with Crippen LogP contribution in [0.3, 0.4) is 0 Å². The molecule has 1 atom stereocenters. The van der Waals surface area contributed by atoms with E-state index in [1.165, 1.54) is 4.88 Å². The van der Waals surface area contributed by atoms with Crippen LogP contribution in [0.1, 0.15) is 37.1 Å². The maximum absolute atomic E-state index is 8.36. The van der Waals surface area contributed by atoms with Gasteiger partial charge in [0.05, 0.1) is 6.07 Å². The van der Waals surface area contributed by atoms with Crippen molar-refractivity contribution in [2.75, 3.05) is 6.54 Å². The van der Waals surface area contributed by atoms with Crippen LogP contribution in [0, 0.1) is 11.3 Å². The van der Waals surface area contributed by atoms with Gasteiger partial charge in [-0.2, -0.15) is 5.26 Å². The summed E-state index contributed by atoms with van der Waals surface area (Å²) in [6.07, 6.45) is 2.76. The molecular weight excluding hydrogens is 192 g/mol. The van der Waals surface area contributed by atoms with Crippen molar-refractivity contribution in [3.63, 3.8) is 0 Å². The van der Waals surface area contributed by atoms with E-state index in [0.717, 1.165) is 19.4 Å². The molecule has 76 valence electrons. The molecule has 0 aliphatic carbocycles. The first kappa shape index (κ1) is 11.2. The molecule has 0 spiro atoms. The van der Waals surface area contributed by atoms with Crippen LogP contribution >= 0.6 is 11.3 Å². The van der Waals surface area contributed by atoms with Gasteiger partial charge in [-0.1, -0.05) is 6.07 Å². The van der Waals surface area contributed by atoms with Crippen molar-refractivity contribution >= 4 is 11.3 Å². The predicted octanol–water partition coefficient (Wildman–Crippen LogP) is 3.09. The van der Waals surface area contributed by atoms with Gasteiger partial charge in [-0.3, -0.25) is 0 Å². The lowest BCUT2D eigenvalue weighted by molar-refractivity contribution is 0.555. The molecule has 1 aromatic rings. The molecule has 0 radical (unpaired) electrons. The fourth-order valence-corrected chi connectivity index (χ4v) is 2.04. The highest BCUT2D eigenvalue weighted by molar-refractivity contribution is 7.10. The van der Waals surface area contributed by atoms with Crippen LogP contribution in [0.2, 0.25) is 0 Å². The fraction of sp³-hybridized carbons (Fsp3) is 0.545. The molecule has 0 unspecified atom stereocenters. The molecule has 0 fully saturated rings. The maximum atomic E-state index is 8.36. The lowest BCUT2D eigenvalue weighted by Crippen LogP contribution is -2.18. The summed E-state index contributed by atoms with van der Waals surface area (Å²) in [7, 11) is 0. The lowest BCUT2D eigenvalue weighted by atomic mass is 10.2. The van der Waals surface area contributed by atoms with Crippen LogP contribution in [0.15, 0.2) is 17.5 Å². The second kappa shape index (κ2) is 6.58. The van der Waals surface area contributed by atoms with E-state index in [1.807, 2.05) is 0 Å². The summed E-state index contributed by atoms with van der Waals surface area (Å²) in [5, 5.41) is 13.9. The van der Waals surface area contributed by atoms with Crippen molar-refractivity contribution in [2.45, 2.75) is 32.2 Å². The SMILES string of the molecule is C[C@H](NCCCCC#N)c1cccs1. The van der Waals surface area contributed by atoms with Gasteiger partial charge in [-0.25, -0.2) is 0 Å². The predicted molar refractivity (Wildman–Crippen MR) is 60.2 cm³/mol. The highest BCUT2D eigenvalue weighted by Gasteiger charge is 2.03. The Balaban J connectivity index is 2.10. The fourth-order valence-electron chi connectivity index (χ4n) is 1.29. The minimum Gasteiger partial charge on any atom is -0.309 e. The van der Waals surface area contributed by atoms with Gasteiger partial charge in [0.25, 0.3) is 0 Å². The Hall–Kier alpha value is -0.850. The zero-order chi connectivity index (χ0) is 10.2. The number of nitrogens with one attached hydrogen (secondary N) is 1. The van der Waals surface area contributed by atoms with Gasteiger partial charge in [0.15, 0.2) is 0 Å². The van der Waals surface area contributed by atoms with Crippen LogP contribution in [0.4, 0.5) is 0 Å². The summed E-state index contributed by atoms with van der Waals surface area (Å²) in [4.78, 5) is 1.38. The zero-order valence-electron chi connectivity index (χ0n) is 8.49. The van der Waals surface area contributed by atoms with Crippen molar-refractivity contribution < 1.29 is 0 Å². The molecule has 0 aromatic carbocycles. The Morgan fingerprint density at radius 1 is 1.57 bits per heavy atom. The molecule has 1 N–H and O–H groups in total. The smallest absolute Gasteiger partial charge is 0.0621 e. The molecule has 2 nitrogen and oxygen atoms in total. The standard InChI is InChI=1S/C11H16N2S/c1-10(11-6-5-9-14-11)13-8-4-2-3-7-12/h5-6,9-10,13H,2-4,8H2,1H3/t10-/m0/s1. The summed E-state index contributed by atoms with van der Waals surface area (Å²) in [5.74, 6) is 0. The highest BCUT2D eigenvalue weighted by Crippen LogP contribution is 2.17. The molecule has 0 bridgehead atoms. The van der Waals surface area contributed by atoms with Crippen molar-refractivity contribution in [1.82, 2.24) is 5.32 Å². The zero-order valence-corrected chi connectivity index (χ0v) is 9.31. The quantitative estimate of drug-likeness (QED) is 0.729. The Morgan fingerprint density at radius 2 is 2.43 bits per heavy atom. The highest BCUT2D eigenvalue weighted by atomic mass is 32.1. The number of hydrogen-bond acceptors (Lipinski definition) is 3.